The number of carbonyl (C=O) groups excluding carboxylic acids is 1. The lowest BCUT2D eigenvalue weighted by molar-refractivity contribution is -0.830. The first-order chi connectivity index (χ1) is 8.63. The van der Waals surface area contributed by atoms with Crippen LogP contribution in [0.2, 0.25) is 0 Å². The van der Waals surface area contributed by atoms with E-state index in [4.69, 9.17) is 10.6 Å². The summed E-state index contributed by atoms with van der Waals surface area (Å²) in [5.41, 5.74) is 9.25. The van der Waals surface area contributed by atoms with Gasteiger partial charge >= 0.3 is 5.97 Å². The molecule has 0 heterocycles. The monoisotopic (exact) mass is 319 g/mol. The van der Waals surface area contributed by atoms with Crippen molar-refractivity contribution in [2.45, 2.75) is 20.4 Å². The van der Waals surface area contributed by atoms with Crippen molar-refractivity contribution in [1.29, 1.82) is 0 Å². The molecule has 0 fully saturated rings. The van der Waals surface area contributed by atoms with Crippen molar-refractivity contribution in [3.05, 3.63) is 27.7 Å². The number of ether oxygens (including phenoxy) is 1. The van der Waals surface area contributed by atoms with Gasteiger partial charge in [0.2, 0.25) is 0 Å². The van der Waals surface area contributed by atoms with Crippen molar-refractivity contribution in [3.63, 3.8) is 0 Å². The summed E-state index contributed by atoms with van der Waals surface area (Å²) >= 11 is 3.30. The zero-order valence-corrected chi connectivity index (χ0v) is 12.7. The molecule has 1 rings (SSSR count). The van der Waals surface area contributed by atoms with E-state index in [1.807, 2.05) is 13.8 Å². The maximum Gasteiger partial charge on any atom is 0.339 e. The SMILES string of the molecule is CC.CO[NH2+]c1cc(C(=O)OC)c(Br)cc1CN. The summed E-state index contributed by atoms with van der Waals surface area (Å²) in [5.74, 6) is -0.402. The Labute approximate surface area is 116 Å². The normalized spacial score (nSPS) is 9.44. The van der Waals surface area contributed by atoms with Gasteiger partial charge < -0.3 is 10.5 Å². The van der Waals surface area contributed by atoms with Gasteiger partial charge in [0.1, 0.15) is 0 Å². The average molecular weight is 320 g/mol. The molecule has 0 bridgehead atoms. The van der Waals surface area contributed by atoms with Gasteiger partial charge in [-0.05, 0) is 22.0 Å². The third-order valence-electron chi connectivity index (χ3n) is 2.10. The predicted octanol–water partition coefficient (Wildman–Crippen LogP) is 1.48. The minimum absolute atomic E-state index is 0.370. The van der Waals surface area contributed by atoms with Crippen LogP contribution in [-0.2, 0) is 16.1 Å². The minimum atomic E-state index is -0.402. The van der Waals surface area contributed by atoms with Crippen LogP contribution in [-0.4, -0.2) is 20.2 Å². The number of quaternary nitrogens is 1. The summed E-state index contributed by atoms with van der Waals surface area (Å²) in [4.78, 5) is 16.4. The van der Waals surface area contributed by atoms with Crippen LogP contribution in [0.25, 0.3) is 0 Å². The number of nitrogens with two attached hydrogens (primary N) is 2. The van der Waals surface area contributed by atoms with Crippen molar-refractivity contribution in [2.75, 3.05) is 14.2 Å². The molecule has 1 aromatic carbocycles. The fourth-order valence-electron chi connectivity index (χ4n) is 1.31. The maximum atomic E-state index is 11.5. The van der Waals surface area contributed by atoms with Crippen LogP contribution in [0.4, 0.5) is 5.69 Å². The van der Waals surface area contributed by atoms with E-state index in [0.717, 1.165) is 11.3 Å². The molecule has 0 radical (unpaired) electrons. The Balaban J connectivity index is 0.00000137. The molecule has 0 aliphatic rings. The molecule has 0 spiro atoms. The molecule has 0 aliphatic heterocycles. The smallest absolute Gasteiger partial charge is 0.339 e. The number of benzene rings is 1. The van der Waals surface area contributed by atoms with E-state index in [1.165, 1.54) is 7.11 Å². The zero-order chi connectivity index (χ0) is 14.1. The summed E-state index contributed by atoms with van der Waals surface area (Å²) in [6, 6.07) is 3.47. The molecule has 0 amide bonds. The van der Waals surface area contributed by atoms with Gasteiger partial charge in [-0.25, -0.2) is 9.63 Å². The van der Waals surface area contributed by atoms with Crippen LogP contribution in [0.1, 0.15) is 29.8 Å². The second kappa shape index (κ2) is 9.04. The maximum absolute atomic E-state index is 11.5. The average Bonchev–Trinajstić information content (AvgIpc) is 2.42. The highest BCUT2D eigenvalue weighted by atomic mass is 79.9. The molecule has 0 atom stereocenters. The highest BCUT2D eigenvalue weighted by Gasteiger charge is 2.16. The van der Waals surface area contributed by atoms with E-state index in [2.05, 4.69) is 20.7 Å². The third-order valence-corrected chi connectivity index (χ3v) is 2.76. The molecule has 0 unspecified atom stereocenters. The van der Waals surface area contributed by atoms with Crippen molar-refractivity contribution in [2.24, 2.45) is 5.73 Å². The summed E-state index contributed by atoms with van der Waals surface area (Å²) in [5, 5.41) is 0. The minimum Gasteiger partial charge on any atom is -0.465 e. The standard InChI is InChI=1S/C10H13BrN2O3.C2H6/c1-15-10(14)7-4-9(13-16-2)6(5-12)3-8(7)11;1-2/h3-4,13H,5,12H2,1-2H3;1-2H3/p+1. The van der Waals surface area contributed by atoms with Crippen molar-refractivity contribution in [3.8, 4) is 0 Å². The van der Waals surface area contributed by atoms with Crippen LogP contribution >= 0.6 is 15.9 Å². The van der Waals surface area contributed by atoms with E-state index in [9.17, 15) is 4.79 Å². The first-order valence-electron chi connectivity index (χ1n) is 5.60. The largest absolute Gasteiger partial charge is 0.465 e. The highest BCUT2D eigenvalue weighted by molar-refractivity contribution is 9.10. The van der Waals surface area contributed by atoms with Gasteiger partial charge in [0.25, 0.3) is 0 Å². The van der Waals surface area contributed by atoms with Crippen LogP contribution in [0.3, 0.4) is 0 Å². The van der Waals surface area contributed by atoms with Crippen LogP contribution in [0, 0.1) is 0 Å². The van der Waals surface area contributed by atoms with Gasteiger partial charge in [-0.3, -0.25) is 0 Å². The lowest BCUT2D eigenvalue weighted by Crippen LogP contribution is -2.76. The lowest BCUT2D eigenvalue weighted by atomic mass is 10.1. The zero-order valence-electron chi connectivity index (χ0n) is 11.1. The van der Waals surface area contributed by atoms with Crippen LogP contribution in [0.15, 0.2) is 16.6 Å². The summed E-state index contributed by atoms with van der Waals surface area (Å²) in [7, 11) is 2.88. The molecule has 18 heavy (non-hydrogen) atoms. The Bertz CT molecular complexity index is 397. The third kappa shape index (κ3) is 4.38. The molecule has 4 N–H and O–H groups in total. The van der Waals surface area contributed by atoms with Gasteiger partial charge in [-0.2, -0.15) is 5.48 Å². The molecule has 0 saturated carbocycles. The number of hydrogen-bond acceptors (Lipinski definition) is 4. The Morgan fingerprint density at radius 1 is 1.39 bits per heavy atom. The fraction of sp³-hybridized carbons (Fsp3) is 0.417. The second-order valence-electron chi connectivity index (χ2n) is 3.08. The van der Waals surface area contributed by atoms with Gasteiger partial charge in [-0.15, -0.1) is 0 Å². The predicted molar refractivity (Wildman–Crippen MR) is 73.3 cm³/mol. The molecule has 5 nitrogen and oxygen atoms in total. The van der Waals surface area contributed by atoms with Gasteiger partial charge in [0, 0.05) is 22.6 Å². The van der Waals surface area contributed by atoms with E-state index in [0.29, 0.717) is 16.6 Å². The topological polar surface area (TPSA) is 78.2 Å². The molecule has 0 saturated heterocycles. The first kappa shape index (κ1) is 17.1. The summed E-state index contributed by atoms with van der Waals surface area (Å²) < 4.78 is 5.33. The van der Waals surface area contributed by atoms with E-state index >= 15 is 0 Å². The summed E-state index contributed by atoms with van der Waals surface area (Å²) in [6.45, 7) is 4.37. The molecule has 1 aromatic rings. The fourth-order valence-corrected chi connectivity index (χ4v) is 1.86. The Hall–Kier alpha value is -0.950. The molecular weight excluding hydrogens is 300 g/mol. The van der Waals surface area contributed by atoms with Crippen LogP contribution in [0.5, 0.6) is 0 Å². The Morgan fingerprint density at radius 3 is 2.44 bits per heavy atom. The Kier molecular flexibility index (Phi) is 8.57. The van der Waals surface area contributed by atoms with Crippen molar-refractivity contribution >= 4 is 27.6 Å². The molecule has 102 valence electrons. The number of methoxy groups -OCH3 is 1. The van der Waals surface area contributed by atoms with E-state index < -0.39 is 5.97 Å². The van der Waals surface area contributed by atoms with Crippen molar-refractivity contribution < 1.29 is 19.8 Å². The number of esters is 1. The summed E-state index contributed by atoms with van der Waals surface area (Å²) in [6.07, 6.45) is 0. The van der Waals surface area contributed by atoms with Gasteiger partial charge in [-0.1, -0.05) is 13.8 Å². The van der Waals surface area contributed by atoms with Gasteiger partial charge in [0.05, 0.1) is 19.8 Å². The number of carbonyl (C=O) groups is 1. The first-order valence-corrected chi connectivity index (χ1v) is 6.40. The van der Waals surface area contributed by atoms with E-state index in [-0.39, 0.29) is 0 Å². The molecular formula is C12H20BrN2O3+. The number of rotatable bonds is 4. The Morgan fingerprint density at radius 2 is 2.00 bits per heavy atom. The van der Waals surface area contributed by atoms with Crippen molar-refractivity contribution in [1.82, 2.24) is 0 Å². The quantitative estimate of drug-likeness (QED) is 0.500. The highest BCUT2D eigenvalue weighted by Crippen LogP contribution is 2.23. The lowest BCUT2D eigenvalue weighted by Gasteiger charge is -2.08. The van der Waals surface area contributed by atoms with Crippen LogP contribution < -0.4 is 11.2 Å². The molecule has 6 heteroatoms. The number of halogens is 1. The van der Waals surface area contributed by atoms with E-state index in [1.54, 1.807) is 24.7 Å². The van der Waals surface area contributed by atoms with Gasteiger partial charge in [0.15, 0.2) is 5.69 Å². The number of hydrogen-bond donors (Lipinski definition) is 2. The molecule has 0 aliphatic carbocycles. The second-order valence-corrected chi connectivity index (χ2v) is 3.93. The molecule has 0 aromatic heterocycles.